The zero-order valence-corrected chi connectivity index (χ0v) is 14.2. The Bertz CT molecular complexity index is 390. The predicted molar refractivity (Wildman–Crippen MR) is 81.1 cm³/mol. The number of rotatable bonds is 5. The number of hydrogen-bond acceptors (Lipinski definition) is 2. The van der Waals surface area contributed by atoms with E-state index < -0.39 is 5.54 Å². The van der Waals surface area contributed by atoms with E-state index in [0.717, 1.165) is 6.42 Å². The molecule has 4 heteroatoms. The topological polar surface area (TPSA) is 40.6 Å². The van der Waals surface area contributed by atoms with Crippen LogP contribution >= 0.6 is 0 Å². The van der Waals surface area contributed by atoms with Crippen LogP contribution in [0.5, 0.6) is 0 Å². The molecule has 0 spiro atoms. The van der Waals surface area contributed by atoms with E-state index in [0.29, 0.717) is 11.8 Å². The molecule has 4 nitrogen and oxygen atoms in total. The van der Waals surface area contributed by atoms with Crippen LogP contribution in [0.1, 0.15) is 41.0 Å². The van der Waals surface area contributed by atoms with Gasteiger partial charge < -0.3 is 9.80 Å². The van der Waals surface area contributed by atoms with Gasteiger partial charge in [0.25, 0.3) is 0 Å². The summed E-state index contributed by atoms with van der Waals surface area (Å²) in [5.74, 6) is 1.30. The lowest BCUT2D eigenvalue weighted by Gasteiger charge is -2.42. The van der Waals surface area contributed by atoms with Gasteiger partial charge in [0, 0.05) is 27.1 Å². The highest BCUT2D eigenvalue weighted by Gasteiger charge is 2.51. The molecule has 1 aliphatic rings. The van der Waals surface area contributed by atoms with Crippen LogP contribution in [-0.4, -0.2) is 48.3 Å². The van der Waals surface area contributed by atoms with Gasteiger partial charge in [0.2, 0.25) is 11.8 Å². The molecule has 1 fully saturated rings. The van der Waals surface area contributed by atoms with Gasteiger partial charge in [-0.15, -0.1) is 0 Å². The fourth-order valence-corrected chi connectivity index (χ4v) is 2.94. The maximum Gasteiger partial charge on any atom is 0.247 e. The van der Waals surface area contributed by atoms with Crippen molar-refractivity contribution in [1.82, 2.24) is 9.80 Å². The Kier molecular flexibility index (Phi) is 4.88. The van der Waals surface area contributed by atoms with E-state index in [1.54, 1.807) is 30.9 Å². The fourth-order valence-electron chi connectivity index (χ4n) is 2.94. The minimum absolute atomic E-state index is 0.00917. The molecule has 0 aromatic carbocycles. The Morgan fingerprint density at radius 3 is 1.90 bits per heavy atom. The highest BCUT2D eigenvalue weighted by molar-refractivity contribution is 5.92. The first kappa shape index (κ1) is 17.0. The molecule has 20 heavy (non-hydrogen) atoms. The third-order valence-electron chi connectivity index (χ3n) is 5.00. The summed E-state index contributed by atoms with van der Waals surface area (Å²) in [5.41, 5.74) is -0.773. The quantitative estimate of drug-likeness (QED) is 0.776. The summed E-state index contributed by atoms with van der Waals surface area (Å²) >= 11 is 0. The lowest BCUT2D eigenvalue weighted by Crippen LogP contribution is -2.60. The van der Waals surface area contributed by atoms with Gasteiger partial charge in [0.15, 0.2) is 0 Å². The van der Waals surface area contributed by atoms with Crippen molar-refractivity contribution in [3.63, 3.8) is 0 Å². The molecule has 0 N–H and O–H groups in total. The molecule has 0 aliphatic heterocycles. The molecule has 0 saturated heterocycles. The smallest absolute Gasteiger partial charge is 0.247 e. The first-order valence-corrected chi connectivity index (χ1v) is 7.54. The Morgan fingerprint density at radius 2 is 1.60 bits per heavy atom. The molecular formula is C16H30N2O2. The maximum atomic E-state index is 12.7. The van der Waals surface area contributed by atoms with Crippen LogP contribution in [0.15, 0.2) is 0 Å². The van der Waals surface area contributed by atoms with E-state index in [1.165, 1.54) is 0 Å². The van der Waals surface area contributed by atoms with Crippen LogP contribution in [-0.2, 0) is 9.59 Å². The molecule has 0 aromatic heterocycles. The Balaban J connectivity index is 2.93. The second-order valence-corrected chi connectivity index (χ2v) is 7.15. The summed E-state index contributed by atoms with van der Waals surface area (Å²) in [6.45, 7) is 10.2. The van der Waals surface area contributed by atoms with Crippen molar-refractivity contribution in [2.24, 2.45) is 23.7 Å². The van der Waals surface area contributed by atoms with Gasteiger partial charge in [-0.1, -0.05) is 27.7 Å². The average molecular weight is 282 g/mol. The summed E-state index contributed by atoms with van der Waals surface area (Å²) in [7, 11) is 5.27. The van der Waals surface area contributed by atoms with Crippen molar-refractivity contribution in [2.45, 2.75) is 46.6 Å². The Labute approximate surface area is 123 Å². The standard InChI is InChI=1S/C16H30N2O2/c1-10(2)12-9-13(12)14(19)18(8)16(5,11(3)4)15(20)17(6)7/h10-13H,9H2,1-8H3/t12-,13-,16?/m1/s1. The number of carbonyl (C=O) groups is 2. The molecule has 0 bridgehead atoms. The van der Waals surface area contributed by atoms with Gasteiger partial charge in [0.1, 0.15) is 5.54 Å². The molecule has 1 saturated carbocycles. The van der Waals surface area contributed by atoms with E-state index >= 15 is 0 Å². The summed E-state index contributed by atoms with van der Waals surface area (Å²) in [6.07, 6.45) is 0.963. The van der Waals surface area contributed by atoms with E-state index in [-0.39, 0.29) is 23.7 Å². The lowest BCUT2D eigenvalue weighted by atomic mass is 9.85. The van der Waals surface area contributed by atoms with Crippen molar-refractivity contribution in [3.8, 4) is 0 Å². The molecule has 0 aromatic rings. The Hall–Kier alpha value is -1.06. The first-order valence-electron chi connectivity index (χ1n) is 7.54. The Morgan fingerprint density at radius 1 is 1.10 bits per heavy atom. The fraction of sp³-hybridized carbons (Fsp3) is 0.875. The number of nitrogens with zero attached hydrogens (tertiary/aromatic N) is 2. The SMILES string of the molecule is CC(C)[C@H]1C[C@H]1C(=O)N(C)C(C)(C(=O)N(C)C)C(C)C. The van der Waals surface area contributed by atoms with Gasteiger partial charge in [-0.3, -0.25) is 9.59 Å². The molecular weight excluding hydrogens is 252 g/mol. The molecule has 1 rings (SSSR count). The van der Waals surface area contributed by atoms with Crippen LogP contribution in [0.3, 0.4) is 0 Å². The van der Waals surface area contributed by atoms with Crippen LogP contribution < -0.4 is 0 Å². The first-order chi connectivity index (χ1) is 9.05. The van der Waals surface area contributed by atoms with Crippen LogP contribution in [0.2, 0.25) is 0 Å². The van der Waals surface area contributed by atoms with Gasteiger partial charge in [0.05, 0.1) is 0 Å². The third-order valence-corrected chi connectivity index (χ3v) is 5.00. The van der Waals surface area contributed by atoms with Crippen molar-refractivity contribution in [1.29, 1.82) is 0 Å². The van der Waals surface area contributed by atoms with Gasteiger partial charge in [-0.2, -0.15) is 0 Å². The molecule has 0 radical (unpaired) electrons. The predicted octanol–water partition coefficient (Wildman–Crippen LogP) is 2.24. The van der Waals surface area contributed by atoms with Crippen molar-refractivity contribution in [2.75, 3.05) is 21.1 Å². The molecule has 0 heterocycles. The largest absolute Gasteiger partial charge is 0.347 e. The maximum absolute atomic E-state index is 12.7. The van der Waals surface area contributed by atoms with Gasteiger partial charge in [-0.05, 0) is 31.1 Å². The van der Waals surface area contributed by atoms with Gasteiger partial charge in [-0.25, -0.2) is 0 Å². The minimum atomic E-state index is -0.773. The summed E-state index contributed by atoms with van der Waals surface area (Å²) in [4.78, 5) is 28.5. The van der Waals surface area contributed by atoms with E-state index in [4.69, 9.17) is 0 Å². The monoisotopic (exact) mass is 282 g/mol. The summed E-state index contributed by atoms with van der Waals surface area (Å²) in [5, 5.41) is 0. The highest BCUT2D eigenvalue weighted by atomic mass is 16.2. The lowest BCUT2D eigenvalue weighted by molar-refractivity contribution is -0.153. The minimum Gasteiger partial charge on any atom is -0.347 e. The normalized spacial score (nSPS) is 24.5. The van der Waals surface area contributed by atoms with Crippen molar-refractivity contribution in [3.05, 3.63) is 0 Å². The molecule has 3 atom stereocenters. The number of carbonyl (C=O) groups excluding carboxylic acids is 2. The molecule has 2 amide bonds. The van der Waals surface area contributed by atoms with Crippen molar-refractivity contribution < 1.29 is 9.59 Å². The van der Waals surface area contributed by atoms with Crippen LogP contribution in [0, 0.1) is 23.7 Å². The van der Waals surface area contributed by atoms with E-state index in [2.05, 4.69) is 13.8 Å². The second kappa shape index (κ2) is 5.74. The zero-order valence-electron chi connectivity index (χ0n) is 14.2. The van der Waals surface area contributed by atoms with Gasteiger partial charge >= 0.3 is 0 Å². The zero-order chi connectivity index (χ0) is 15.8. The summed E-state index contributed by atoms with van der Waals surface area (Å²) < 4.78 is 0. The van der Waals surface area contributed by atoms with Crippen LogP contribution in [0.4, 0.5) is 0 Å². The summed E-state index contributed by atoms with van der Waals surface area (Å²) in [6, 6.07) is 0. The molecule has 1 aliphatic carbocycles. The second-order valence-electron chi connectivity index (χ2n) is 7.15. The van der Waals surface area contributed by atoms with E-state index in [1.807, 2.05) is 20.8 Å². The molecule has 116 valence electrons. The number of likely N-dealkylation sites (N-methyl/N-ethyl adjacent to an activating group) is 2. The van der Waals surface area contributed by atoms with Crippen LogP contribution in [0.25, 0.3) is 0 Å². The number of amides is 2. The molecule has 1 unspecified atom stereocenters. The van der Waals surface area contributed by atoms with Crippen molar-refractivity contribution >= 4 is 11.8 Å². The number of hydrogen-bond donors (Lipinski definition) is 0. The highest BCUT2D eigenvalue weighted by Crippen LogP contribution is 2.46. The van der Waals surface area contributed by atoms with E-state index in [9.17, 15) is 9.59 Å². The third kappa shape index (κ3) is 2.84. The average Bonchev–Trinajstić information content (AvgIpc) is 3.14.